The first-order chi connectivity index (χ1) is 11.0. The minimum atomic E-state index is -0.538. The highest BCUT2D eigenvalue weighted by atomic mass is 35.5. The van der Waals surface area contributed by atoms with Crippen LogP contribution < -0.4 is 10.6 Å². The summed E-state index contributed by atoms with van der Waals surface area (Å²) < 4.78 is 6.04. The van der Waals surface area contributed by atoms with Crippen molar-refractivity contribution in [1.82, 2.24) is 4.98 Å². The molecule has 0 aliphatic carbocycles. The Morgan fingerprint density at radius 1 is 1.35 bits per heavy atom. The number of halogens is 1. The van der Waals surface area contributed by atoms with Crippen molar-refractivity contribution in [3.8, 4) is 0 Å². The molecule has 0 spiro atoms. The van der Waals surface area contributed by atoms with Gasteiger partial charge in [-0.3, -0.25) is 4.79 Å². The summed E-state index contributed by atoms with van der Waals surface area (Å²) in [6.07, 6.45) is 1.46. The number of aromatic nitrogens is 1. The molecular formula is C17H18ClN3O2. The number of hydrogen-bond donors (Lipinski definition) is 1. The summed E-state index contributed by atoms with van der Waals surface area (Å²) >= 11 is 6.30. The fourth-order valence-corrected chi connectivity index (χ4v) is 3.06. The number of amides is 1. The number of hydrogen-bond acceptors (Lipinski definition) is 4. The number of carbonyl (C=O) groups excluding carboxylic acids is 1. The Bertz CT molecular complexity index is 708. The van der Waals surface area contributed by atoms with Crippen LogP contribution >= 0.6 is 11.6 Å². The minimum absolute atomic E-state index is 0.0441. The number of morpholine rings is 1. The highest BCUT2D eigenvalue weighted by molar-refractivity contribution is 6.33. The van der Waals surface area contributed by atoms with Crippen LogP contribution in [0, 0.1) is 0 Å². The molecule has 1 fully saturated rings. The Labute approximate surface area is 140 Å². The first kappa shape index (κ1) is 15.8. The summed E-state index contributed by atoms with van der Waals surface area (Å²) in [5.74, 6) is 0.108. The number of rotatable bonds is 3. The summed E-state index contributed by atoms with van der Waals surface area (Å²) in [7, 11) is 0. The van der Waals surface area contributed by atoms with Crippen molar-refractivity contribution < 1.29 is 9.53 Å². The molecule has 2 atom stereocenters. The normalized spacial score (nSPS) is 21.2. The monoisotopic (exact) mass is 331 g/mol. The van der Waals surface area contributed by atoms with Crippen LogP contribution in [0.25, 0.3) is 0 Å². The molecule has 2 heterocycles. The van der Waals surface area contributed by atoms with Crippen molar-refractivity contribution in [2.75, 3.05) is 18.0 Å². The molecule has 1 aliphatic heterocycles. The summed E-state index contributed by atoms with van der Waals surface area (Å²) in [6.45, 7) is 3.36. The van der Waals surface area contributed by atoms with Gasteiger partial charge in [-0.2, -0.15) is 0 Å². The van der Waals surface area contributed by atoms with Crippen LogP contribution in [0.15, 0.2) is 42.6 Å². The third kappa shape index (κ3) is 3.46. The van der Waals surface area contributed by atoms with E-state index in [-0.39, 0.29) is 12.2 Å². The molecule has 5 nitrogen and oxygen atoms in total. The van der Waals surface area contributed by atoms with Crippen LogP contribution in [0.5, 0.6) is 0 Å². The smallest absolute Gasteiger partial charge is 0.250 e. The van der Waals surface area contributed by atoms with Gasteiger partial charge in [0.1, 0.15) is 11.9 Å². The number of nitrogens with two attached hydrogens (primary N) is 1. The van der Waals surface area contributed by atoms with Gasteiger partial charge in [0.05, 0.1) is 16.7 Å². The van der Waals surface area contributed by atoms with E-state index in [4.69, 9.17) is 22.1 Å². The molecule has 1 amide bonds. The molecule has 1 aliphatic rings. The van der Waals surface area contributed by atoms with Gasteiger partial charge in [-0.1, -0.05) is 41.9 Å². The summed E-state index contributed by atoms with van der Waals surface area (Å²) in [6, 6.07) is 11.6. The zero-order chi connectivity index (χ0) is 16.4. The van der Waals surface area contributed by atoms with E-state index < -0.39 is 5.91 Å². The maximum absolute atomic E-state index is 11.2. The predicted molar refractivity (Wildman–Crippen MR) is 89.7 cm³/mol. The molecule has 1 aromatic carbocycles. The lowest BCUT2D eigenvalue weighted by atomic mass is 10.1. The number of primary amides is 1. The van der Waals surface area contributed by atoms with Gasteiger partial charge in [-0.25, -0.2) is 4.98 Å². The third-order valence-corrected chi connectivity index (χ3v) is 4.12. The van der Waals surface area contributed by atoms with Crippen molar-refractivity contribution in [2.24, 2.45) is 5.73 Å². The van der Waals surface area contributed by atoms with E-state index in [1.807, 2.05) is 37.3 Å². The first-order valence-corrected chi connectivity index (χ1v) is 7.83. The number of carbonyl (C=O) groups is 1. The quantitative estimate of drug-likeness (QED) is 0.939. The number of anilines is 1. The maximum atomic E-state index is 11.2. The molecule has 0 saturated carbocycles. The standard InChI is InChI=1S/C17H18ClN3O2/c1-11-9-21(10-15(23-11)12-5-3-2-4-6-12)17-14(18)7-13(8-20-17)16(19)22/h2-8,11,15H,9-10H2,1H3,(H2,19,22)/t11-,15-/m0/s1. The van der Waals surface area contributed by atoms with Crippen molar-refractivity contribution in [2.45, 2.75) is 19.1 Å². The fraction of sp³-hybridized carbons (Fsp3) is 0.294. The molecule has 2 N–H and O–H groups in total. The van der Waals surface area contributed by atoms with Gasteiger partial charge in [-0.05, 0) is 18.6 Å². The molecule has 1 saturated heterocycles. The second-order valence-corrected chi connectivity index (χ2v) is 6.05. The highest BCUT2D eigenvalue weighted by Gasteiger charge is 2.28. The summed E-state index contributed by atoms with van der Waals surface area (Å²) in [5, 5.41) is 0.419. The number of nitrogens with zero attached hydrogens (tertiary/aromatic N) is 2. The maximum Gasteiger partial charge on any atom is 0.250 e. The third-order valence-electron chi connectivity index (χ3n) is 3.84. The van der Waals surface area contributed by atoms with Gasteiger partial charge in [0.2, 0.25) is 5.91 Å². The number of pyridine rings is 1. The van der Waals surface area contributed by atoms with Crippen LogP contribution in [0.4, 0.5) is 5.82 Å². The van der Waals surface area contributed by atoms with Crippen molar-refractivity contribution in [3.63, 3.8) is 0 Å². The molecule has 0 unspecified atom stereocenters. The zero-order valence-electron chi connectivity index (χ0n) is 12.8. The predicted octanol–water partition coefficient (Wildman–Crippen LogP) is 2.80. The number of benzene rings is 1. The molecular weight excluding hydrogens is 314 g/mol. The van der Waals surface area contributed by atoms with E-state index in [1.54, 1.807) is 6.07 Å². The molecule has 2 aromatic rings. The Morgan fingerprint density at radius 2 is 2.09 bits per heavy atom. The Hall–Kier alpha value is -2.11. The summed E-state index contributed by atoms with van der Waals surface area (Å²) in [5.41, 5.74) is 6.68. The molecule has 0 radical (unpaired) electrons. The fourth-order valence-electron chi connectivity index (χ4n) is 2.77. The summed E-state index contributed by atoms with van der Waals surface area (Å²) in [4.78, 5) is 17.6. The molecule has 3 rings (SSSR count). The lowest BCUT2D eigenvalue weighted by molar-refractivity contribution is -0.0176. The van der Waals surface area contributed by atoms with E-state index in [1.165, 1.54) is 6.20 Å². The van der Waals surface area contributed by atoms with Gasteiger partial charge in [0, 0.05) is 19.3 Å². The van der Waals surface area contributed by atoms with Crippen LogP contribution in [-0.4, -0.2) is 30.1 Å². The van der Waals surface area contributed by atoms with Gasteiger partial charge in [-0.15, -0.1) is 0 Å². The average molecular weight is 332 g/mol. The second kappa shape index (κ2) is 6.56. The molecule has 1 aromatic heterocycles. The zero-order valence-corrected chi connectivity index (χ0v) is 13.5. The Balaban J connectivity index is 1.86. The average Bonchev–Trinajstić information content (AvgIpc) is 2.55. The van der Waals surface area contributed by atoms with Gasteiger partial charge in [0.25, 0.3) is 0 Å². The van der Waals surface area contributed by atoms with Gasteiger partial charge >= 0.3 is 0 Å². The minimum Gasteiger partial charge on any atom is -0.367 e. The van der Waals surface area contributed by atoms with E-state index >= 15 is 0 Å². The molecule has 6 heteroatoms. The number of ether oxygens (including phenoxy) is 1. The van der Waals surface area contributed by atoms with Crippen molar-refractivity contribution in [3.05, 3.63) is 58.7 Å². The topological polar surface area (TPSA) is 68.5 Å². The van der Waals surface area contributed by atoms with Crippen LogP contribution in [0.1, 0.15) is 28.9 Å². The van der Waals surface area contributed by atoms with E-state index in [2.05, 4.69) is 9.88 Å². The lowest BCUT2D eigenvalue weighted by Crippen LogP contribution is -2.43. The van der Waals surface area contributed by atoms with E-state index in [0.29, 0.717) is 29.5 Å². The van der Waals surface area contributed by atoms with Crippen molar-refractivity contribution >= 4 is 23.3 Å². The van der Waals surface area contributed by atoms with Gasteiger partial charge in [0.15, 0.2) is 0 Å². The van der Waals surface area contributed by atoms with E-state index in [0.717, 1.165) is 5.56 Å². The first-order valence-electron chi connectivity index (χ1n) is 7.45. The van der Waals surface area contributed by atoms with Crippen molar-refractivity contribution in [1.29, 1.82) is 0 Å². The van der Waals surface area contributed by atoms with Crippen LogP contribution in [-0.2, 0) is 4.74 Å². The largest absolute Gasteiger partial charge is 0.367 e. The second-order valence-electron chi connectivity index (χ2n) is 5.64. The molecule has 120 valence electrons. The van der Waals surface area contributed by atoms with E-state index in [9.17, 15) is 4.79 Å². The van der Waals surface area contributed by atoms with Crippen LogP contribution in [0.3, 0.4) is 0 Å². The molecule has 0 bridgehead atoms. The van der Waals surface area contributed by atoms with Crippen LogP contribution in [0.2, 0.25) is 5.02 Å². The Kier molecular flexibility index (Phi) is 4.50. The highest BCUT2D eigenvalue weighted by Crippen LogP contribution is 2.31. The van der Waals surface area contributed by atoms with Gasteiger partial charge < -0.3 is 15.4 Å². The lowest BCUT2D eigenvalue weighted by Gasteiger charge is -2.38. The molecule has 23 heavy (non-hydrogen) atoms. The SMILES string of the molecule is C[C@H]1CN(c2ncc(C(N)=O)cc2Cl)C[C@@H](c2ccccc2)O1. The Morgan fingerprint density at radius 3 is 2.74 bits per heavy atom.